The average Bonchev–Trinajstić information content (AvgIpc) is 2.66. The van der Waals surface area contributed by atoms with Crippen molar-refractivity contribution in [3.8, 4) is 0 Å². The van der Waals surface area contributed by atoms with E-state index in [1.165, 1.54) is 5.56 Å². The summed E-state index contributed by atoms with van der Waals surface area (Å²) in [5, 5.41) is 0. The lowest BCUT2D eigenvalue weighted by Crippen LogP contribution is -2.30. The number of hydrazine groups is 1. The molecule has 1 aliphatic heterocycles. The molecule has 1 heterocycles. The van der Waals surface area contributed by atoms with E-state index in [0.717, 1.165) is 18.5 Å². The maximum Gasteiger partial charge on any atom is 0.0478 e. The van der Waals surface area contributed by atoms with Gasteiger partial charge in [0.25, 0.3) is 0 Å². The van der Waals surface area contributed by atoms with Crippen LogP contribution in [0.4, 0.5) is 5.69 Å². The molecule has 0 bridgehead atoms. The van der Waals surface area contributed by atoms with Gasteiger partial charge in [-0.3, -0.25) is 10.9 Å². The van der Waals surface area contributed by atoms with Crippen LogP contribution in [0.15, 0.2) is 24.3 Å². The van der Waals surface area contributed by atoms with Gasteiger partial charge < -0.3 is 5.73 Å². The van der Waals surface area contributed by atoms with Crippen LogP contribution in [-0.2, 0) is 0 Å². The maximum absolute atomic E-state index is 5.75. The fourth-order valence-corrected chi connectivity index (χ4v) is 1.88. The molecule has 3 nitrogen and oxygen atoms in total. The molecule has 0 aromatic heterocycles. The van der Waals surface area contributed by atoms with Crippen LogP contribution in [0, 0.1) is 0 Å². The van der Waals surface area contributed by atoms with Gasteiger partial charge >= 0.3 is 0 Å². The fraction of sp³-hybridized carbons (Fsp3) is 0.455. The van der Waals surface area contributed by atoms with E-state index >= 15 is 0 Å². The van der Waals surface area contributed by atoms with Crippen molar-refractivity contribution in [3.63, 3.8) is 0 Å². The molecule has 76 valence electrons. The van der Waals surface area contributed by atoms with Crippen LogP contribution < -0.4 is 16.6 Å². The predicted molar refractivity (Wildman–Crippen MR) is 58.6 cm³/mol. The number of nitrogens with one attached hydrogen (secondary N) is 2. The number of nitrogen functional groups attached to an aromatic ring is 1. The van der Waals surface area contributed by atoms with E-state index < -0.39 is 0 Å². The predicted octanol–water partition coefficient (Wildman–Crippen LogP) is 1.59. The third-order valence-electron chi connectivity index (χ3n) is 2.79. The van der Waals surface area contributed by atoms with Crippen LogP contribution in [0.2, 0.25) is 0 Å². The Balaban J connectivity index is 2.09. The molecule has 0 radical (unpaired) electrons. The van der Waals surface area contributed by atoms with Crippen LogP contribution in [-0.4, -0.2) is 6.04 Å². The lowest BCUT2D eigenvalue weighted by molar-refractivity contribution is 0.532. The largest absolute Gasteiger partial charge is 0.399 e. The normalized spacial score (nSPS) is 26.6. The topological polar surface area (TPSA) is 50.1 Å². The highest BCUT2D eigenvalue weighted by Gasteiger charge is 2.23. The Morgan fingerprint density at radius 1 is 1.43 bits per heavy atom. The van der Waals surface area contributed by atoms with Crippen molar-refractivity contribution in [2.24, 2.45) is 0 Å². The van der Waals surface area contributed by atoms with Crippen molar-refractivity contribution in [3.05, 3.63) is 29.8 Å². The molecule has 2 unspecified atom stereocenters. The van der Waals surface area contributed by atoms with Gasteiger partial charge in [-0.15, -0.1) is 0 Å². The van der Waals surface area contributed by atoms with Gasteiger partial charge in [-0.1, -0.05) is 19.1 Å². The van der Waals surface area contributed by atoms with Crippen LogP contribution in [0.5, 0.6) is 0 Å². The van der Waals surface area contributed by atoms with Crippen molar-refractivity contribution in [2.75, 3.05) is 5.73 Å². The zero-order chi connectivity index (χ0) is 9.97. The van der Waals surface area contributed by atoms with E-state index in [0.29, 0.717) is 12.1 Å². The second-order valence-corrected chi connectivity index (χ2v) is 3.85. The van der Waals surface area contributed by atoms with Crippen molar-refractivity contribution in [1.29, 1.82) is 0 Å². The highest BCUT2D eigenvalue weighted by atomic mass is 15.4. The number of anilines is 1. The Morgan fingerprint density at radius 2 is 2.29 bits per heavy atom. The molecule has 14 heavy (non-hydrogen) atoms. The smallest absolute Gasteiger partial charge is 0.0478 e. The van der Waals surface area contributed by atoms with E-state index in [4.69, 9.17) is 5.73 Å². The number of hydrogen-bond donors (Lipinski definition) is 3. The highest BCUT2D eigenvalue weighted by molar-refractivity contribution is 5.41. The van der Waals surface area contributed by atoms with E-state index in [-0.39, 0.29) is 0 Å². The fourth-order valence-electron chi connectivity index (χ4n) is 1.88. The minimum atomic E-state index is 0.406. The zero-order valence-electron chi connectivity index (χ0n) is 8.46. The van der Waals surface area contributed by atoms with Crippen molar-refractivity contribution < 1.29 is 0 Å². The second kappa shape index (κ2) is 3.98. The van der Waals surface area contributed by atoms with Gasteiger partial charge in [0.1, 0.15) is 0 Å². The molecule has 0 spiro atoms. The van der Waals surface area contributed by atoms with Crippen molar-refractivity contribution in [2.45, 2.75) is 31.8 Å². The van der Waals surface area contributed by atoms with Crippen LogP contribution >= 0.6 is 0 Å². The molecule has 1 aromatic carbocycles. The Kier molecular flexibility index (Phi) is 2.70. The Labute approximate surface area is 84.7 Å². The minimum Gasteiger partial charge on any atom is -0.399 e. The number of nitrogens with two attached hydrogens (primary N) is 1. The SMILES string of the molecule is CCC1CC(c2cccc(N)c2)NN1. The summed E-state index contributed by atoms with van der Waals surface area (Å²) in [7, 11) is 0. The second-order valence-electron chi connectivity index (χ2n) is 3.85. The molecule has 2 atom stereocenters. The summed E-state index contributed by atoms with van der Waals surface area (Å²) in [6.45, 7) is 2.20. The monoisotopic (exact) mass is 191 g/mol. The van der Waals surface area contributed by atoms with Crippen molar-refractivity contribution >= 4 is 5.69 Å². The minimum absolute atomic E-state index is 0.406. The number of hydrogen-bond acceptors (Lipinski definition) is 3. The summed E-state index contributed by atoms with van der Waals surface area (Å²) >= 11 is 0. The summed E-state index contributed by atoms with van der Waals surface area (Å²) in [6, 6.07) is 9.07. The van der Waals surface area contributed by atoms with Crippen LogP contribution in [0.3, 0.4) is 0 Å². The van der Waals surface area contributed by atoms with Gasteiger partial charge in [-0.2, -0.15) is 0 Å². The van der Waals surface area contributed by atoms with Gasteiger partial charge in [0.15, 0.2) is 0 Å². The highest BCUT2D eigenvalue weighted by Crippen LogP contribution is 2.24. The molecular weight excluding hydrogens is 174 g/mol. The molecule has 0 amide bonds. The van der Waals surface area contributed by atoms with E-state index in [9.17, 15) is 0 Å². The molecular formula is C11H17N3. The van der Waals surface area contributed by atoms with Crippen LogP contribution in [0.1, 0.15) is 31.4 Å². The first-order valence-electron chi connectivity index (χ1n) is 5.16. The Morgan fingerprint density at radius 3 is 2.93 bits per heavy atom. The molecule has 1 saturated heterocycles. The molecule has 4 N–H and O–H groups in total. The maximum atomic E-state index is 5.75. The van der Waals surface area contributed by atoms with E-state index in [1.54, 1.807) is 0 Å². The number of benzene rings is 1. The lowest BCUT2D eigenvalue weighted by Gasteiger charge is -2.09. The lowest BCUT2D eigenvalue weighted by atomic mass is 10.0. The standard InChI is InChI=1S/C11H17N3/c1-2-10-7-11(14-13-10)8-4-3-5-9(12)6-8/h3-6,10-11,13-14H,2,7,12H2,1H3. The van der Waals surface area contributed by atoms with Gasteiger partial charge in [-0.05, 0) is 30.5 Å². The summed E-state index contributed by atoms with van der Waals surface area (Å²) in [5.41, 5.74) is 14.4. The van der Waals surface area contributed by atoms with Gasteiger partial charge in [0.2, 0.25) is 0 Å². The zero-order valence-corrected chi connectivity index (χ0v) is 8.46. The summed E-state index contributed by atoms with van der Waals surface area (Å²) in [6.07, 6.45) is 2.30. The van der Waals surface area contributed by atoms with Gasteiger partial charge in [-0.25, -0.2) is 0 Å². The van der Waals surface area contributed by atoms with Crippen molar-refractivity contribution in [1.82, 2.24) is 10.9 Å². The first kappa shape index (κ1) is 9.49. The third-order valence-corrected chi connectivity index (χ3v) is 2.79. The molecule has 0 aliphatic carbocycles. The molecule has 0 saturated carbocycles. The third kappa shape index (κ3) is 1.89. The first-order valence-corrected chi connectivity index (χ1v) is 5.16. The Hall–Kier alpha value is -1.06. The van der Waals surface area contributed by atoms with E-state index in [1.807, 2.05) is 18.2 Å². The Bertz CT molecular complexity index is 311. The van der Waals surface area contributed by atoms with Gasteiger partial charge in [0, 0.05) is 17.8 Å². The molecule has 1 fully saturated rings. The quantitative estimate of drug-likeness (QED) is 0.622. The molecule has 1 aromatic rings. The summed E-state index contributed by atoms with van der Waals surface area (Å²) in [4.78, 5) is 0. The molecule has 3 heteroatoms. The molecule has 2 rings (SSSR count). The summed E-state index contributed by atoms with van der Waals surface area (Å²) < 4.78 is 0. The van der Waals surface area contributed by atoms with E-state index in [2.05, 4.69) is 23.8 Å². The average molecular weight is 191 g/mol. The summed E-state index contributed by atoms with van der Waals surface area (Å²) in [5.74, 6) is 0. The van der Waals surface area contributed by atoms with Gasteiger partial charge in [0.05, 0.1) is 0 Å². The molecule has 1 aliphatic rings. The first-order chi connectivity index (χ1) is 6.79. The van der Waals surface area contributed by atoms with Crippen LogP contribution in [0.25, 0.3) is 0 Å². The number of rotatable bonds is 2.